The van der Waals surface area contributed by atoms with Crippen molar-refractivity contribution in [3.05, 3.63) is 46.9 Å². The van der Waals surface area contributed by atoms with Crippen LogP contribution in [-0.4, -0.2) is 43.8 Å². The first-order valence-corrected chi connectivity index (χ1v) is 7.53. The highest BCUT2D eigenvalue weighted by atomic mass is 35.5. The van der Waals surface area contributed by atoms with E-state index in [1.807, 2.05) is 0 Å². The summed E-state index contributed by atoms with van der Waals surface area (Å²) in [6, 6.07) is 1.09. The van der Waals surface area contributed by atoms with E-state index >= 15 is 0 Å². The van der Waals surface area contributed by atoms with Gasteiger partial charge in [-0.3, -0.25) is 4.90 Å². The van der Waals surface area contributed by atoms with Gasteiger partial charge in [0.1, 0.15) is 11.5 Å². The van der Waals surface area contributed by atoms with Gasteiger partial charge in [-0.1, -0.05) is 23.8 Å². The Balaban J connectivity index is 2.24. The van der Waals surface area contributed by atoms with E-state index in [9.17, 15) is 18.8 Å². The van der Waals surface area contributed by atoms with Crippen LogP contribution in [0, 0.1) is 5.82 Å². The lowest BCUT2D eigenvalue weighted by Gasteiger charge is -2.24. The van der Waals surface area contributed by atoms with E-state index in [-0.39, 0.29) is 28.7 Å². The lowest BCUT2D eigenvalue weighted by atomic mass is 10.2. The quantitative estimate of drug-likeness (QED) is 0.635. The van der Waals surface area contributed by atoms with Gasteiger partial charge in [-0.2, -0.15) is 0 Å². The number of nitrogens with one attached hydrogen (secondary N) is 1. The van der Waals surface area contributed by atoms with E-state index in [1.165, 1.54) is 13.2 Å². The highest BCUT2D eigenvalue weighted by molar-refractivity contribution is 6.32. The number of nitrogens with zero attached hydrogens (tertiary/aromatic N) is 1. The molecule has 10 heteroatoms. The van der Waals surface area contributed by atoms with Crippen molar-refractivity contribution in [3.8, 4) is 5.75 Å². The van der Waals surface area contributed by atoms with E-state index in [0.717, 1.165) is 24.1 Å². The number of esters is 1. The molecule has 0 unspecified atom stereocenters. The fourth-order valence-electron chi connectivity index (χ4n) is 2.01. The fourth-order valence-corrected chi connectivity index (χ4v) is 2.20. The van der Waals surface area contributed by atoms with Gasteiger partial charge in [-0.25, -0.2) is 18.8 Å². The predicted molar refractivity (Wildman–Crippen MR) is 89.4 cm³/mol. The van der Waals surface area contributed by atoms with Crippen molar-refractivity contribution in [2.75, 3.05) is 26.1 Å². The molecular formula is C16H14ClFN2O6. The molecule has 2 rings (SSSR count). The number of anilines is 1. The van der Waals surface area contributed by atoms with Crippen molar-refractivity contribution in [3.63, 3.8) is 0 Å². The predicted octanol–water partition coefficient (Wildman–Crippen LogP) is 3.08. The van der Waals surface area contributed by atoms with Gasteiger partial charge in [0.25, 0.3) is 0 Å². The molecule has 1 aromatic carbocycles. The number of methoxy groups -OCH3 is 2. The molecule has 0 aromatic heterocycles. The largest absolute Gasteiger partial charge is 0.513 e. The van der Waals surface area contributed by atoms with Crippen LogP contribution in [0.2, 0.25) is 5.02 Å². The van der Waals surface area contributed by atoms with E-state index < -0.39 is 24.0 Å². The summed E-state index contributed by atoms with van der Waals surface area (Å²) in [5, 5.41) is 2.09. The maximum atomic E-state index is 14.1. The van der Waals surface area contributed by atoms with Crippen molar-refractivity contribution < 1.29 is 33.0 Å². The van der Waals surface area contributed by atoms with E-state index in [4.69, 9.17) is 16.3 Å². The third kappa shape index (κ3) is 4.31. The maximum Gasteiger partial charge on any atom is 0.513 e. The maximum absolute atomic E-state index is 14.1. The fraction of sp³-hybridized carbons (Fsp3) is 0.188. The number of ether oxygens (including phenoxy) is 3. The standard InChI is InChI=1S/C16H14ClFN2O6/c1-24-14(21)12-5-3-4-6-20(12)15(22)19-11-8-13(26-16(23)25-2)9(17)7-10(11)18/h3-5,7-8H,6H2,1-2H3,(H,19,22). The Hall–Kier alpha value is -3.07. The van der Waals surface area contributed by atoms with Crippen LogP contribution in [0.4, 0.5) is 19.7 Å². The molecular weight excluding hydrogens is 371 g/mol. The second-order valence-corrected chi connectivity index (χ2v) is 5.24. The molecule has 1 aliphatic heterocycles. The van der Waals surface area contributed by atoms with Gasteiger partial charge in [0.2, 0.25) is 0 Å². The van der Waals surface area contributed by atoms with Gasteiger partial charge in [-0.05, 0) is 12.1 Å². The molecule has 1 heterocycles. The summed E-state index contributed by atoms with van der Waals surface area (Å²) in [5.41, 5.74) is -0.329. The number of urea groups is 1. The van der Waals surface area contributed by atoms with Crippen LogP contribution >= 0.6 is 11.6 Å². The Labute approximate surface area is 152 Å². The first-order chi connectivity index (χ1) is 12.4. The van der Waals surface area contributed by atoms with E-state index in [1.54, 1.807) is 12.2 Å². The zero-order valence-electron chi connectivity index (χ0n) is 13.7. The highest BCUT2D eigenvalue weighted by Crippen LogP contribution is 2.31. The van der Waals surface area contributed by atoms with Gasteiger partial charge in [-0.15, -0.1) is 0 Å². The Morgan fingerprint density at radius 3 is 2.62 bits per heavy atom. The molecule has 0 bridgehead atoms. The zero-order valence-corrected chi connectivity index (χ0v) is 14.5. The smallest absolute Gasteiger partial charge is 0.464 e. The lowest BCUT2D eigenvalue weighted by molar-refractivity contribution is -0.137. The first-order valence-electron chi connectivity index (χ1n) is 7.16. The molecule has 2 amide bonds. The molecule has 138 valence electrons. The zero-order chi connectivity index (χ0) is 19.3. The minimum absolute atomic E-state index is 0.0205. The number of carbonyl (C=O) groups is 3. The third-order valence-electron chi connectivity index (χ3n) is 3.23. The van der Waals surface area contributed by atoms with Gasteiger partial charge in [0, 0.05) is 12.6 Å². The van der Waals surface area contributed by atoms with Gasteiger partial charge in [0.15, 0.2) is 5.75 Å². The monoisotopic (exact) mass is 384 g/mol. The number of hydrogen-bond donors (Lipinski definition) is 1. The van der Waals surface area contributed by atoms with Crippen LogP contribution in [0.1, 0.15) is 0 Å². The van der Waals surface area contributed by atoms with Gasteiger partial charge >= 0.3 is 18.2 Å². The lowest BCUT2D eigenvalue weighted by Crippen LogP contribution is -2.38. The van der Waals surface area contributed by atoms with E-state index in [0.29, 0.717) is 0 Å². The number of rotatable bonds is 3. The average Bonchev–Trinajstić information content (AvgIpc) is 2.64. The summed E-state index contributed by atoms with van der Waals surface area (Å²) >= 11 is 5.80. The topological polar surface area (TPSA) is 94.2 Å². The Morgan fingerprint density at radius 1 is 1.23 bits per heavy atom. The van der Waals surface area contributed by atoms with Crippen molar-refractivity contribution in [1.29, 1.82) is 0 Å². The highest BCUT2D eigenvalue weighted by Gasteiger charge is 2.26. The van der Waals surface area contributed by atoms with Crippen LogP contribution in [0.5, 0.6) is 5.75 Å². The molecule has 0 radical (unpaired) electrons. The molecule has 0 saturated heterocycles. The Kier molecular flexibility index (Phi) is 6.18. The molecule has 8 nitrogen and oxygen atoms in total. The SMILES string of the molecule is COC(=O)Oc1cc(NC(=O)N2CC=CC=C2C(=O)OC)c(F)cc1Cl. The first kappa shape index (κ1) is 19.3. The minimum atomic E-state index is -1.06. The molecule has 26 heavy (non-hydrogen) atoms. The Bertz CT molecular complexity index is 808. The molecule has 0 aliphatic carbocycles. The van der Waals surface area contributed by atoms with Crippen LogP contribution in [0.3, 0.4) is 0 Å². The average molecular weight is 385 g/mol. The molecule has 0 saturated carbocycles. The molecule has 1 aliphatic rings. The number of carbonyl (C=O) groups excluding carboxylic acids is 3. The number of hydrogen-bond acceptors (Lipinski definition) is 6. The summed E-state index contributed by atoms with van der Waals surface area (Å²) in [6.07, 6.45) is 3.53. The summed E-state index contributed by atoms with van der Waals surface area (Å²) < 4.78 is 27.8. The second kappa shape index (κ2) is 8.34. The number of amides is 2. The van der Waals surface area contributed by atoms with Gasteiger partial charge < -0.3 is 19.5 Å². The van der Waals surface area contributed by atoms with E-state index in [2.05, 4.69) is 14.8 Å². The van der Waals surface area contributed by atoms with Crippen molar-refractivity contribution in [1.82, 2.24) is 4.90 Å². The summed E-state index contributed by atoms with van der Waals surface area (Å²) in [5.74, 6) is -1.80. The molecule has 1 aromatic rings. The number of allylic oxidation sites excluding steroid dienone is 2. The van der Waals surface area contributed by atoms with Crippen molar-refractivity contribution in [2.24, 2.45) is 0 Å². The summed E-state index contributed by atoms with van der Waals surface area (Å²) in [7, 11) is 2.26. The van der Waals surface area contributed by atoms with Crippen LogP contribution < -0.4 is 10.1 Å². The second-order valence-electron chi connectivity index (χ2n) is 4.83. The number of halogens is 2. The van der Waals surface area contributed by atoms with Crippen LogP contribution in [0.15, 0.2) is 36.1 Å². The number of benzene rings is 1. The minimum Gasteiger partial charge on any atom is -0.464 e. The summed E-state index contributed by atoms with van der Waals surface area (Å²) in [6.45, 7) is 0.0769. The normalized spacial score (nSPS) is 12.9. The molecule has 1 N–H and O–H groups in total. The van der Waals surface area contributed by atoms with Crippen molar-refractivity contribution in [2.45, 2.75) is 0 Å². The third-order valence-corrected chi connectivity index (χ3v) is 3.53. The molecule has 0 fully saturated rings. The molecule has 0 spiro atoms. The molecule has 0 atom stereocenters. The van der Waals surface area contributed by atoms with Gasteiger partial charge in [0.05, 0.1) is 24.9 Å². The van der Waals surface area contributed by atoms with Crippen LogP contribution in [0.25, 0.3) is 0 Å². The Morgan fingerprint density at radius 2 is 1.96 bits per heavy atom. The van der Waals surface area contributed by atoms with Crippen molar-refractivity contribution >= 4 is 35.4 Å². The van der Waals surface area contributed by atoms with Crippen LogP contribution in [-0.2, 0) is 14.3 Å². The summed E-state index contributed by atoms with van der Waals surface area (Å²) in [4.78, 5) is 36.4.